The van der Waals surface area contributed by atoms with Crippen LogP contribution in [0.15, 0.2) is 66.7 Å². The Morgan fingerprint density at radius 2 is 1.87 bits per heavy atom. The van der Waals surface area contributed by atoms with Gasteiger partial charge >= 0.3 is 0 Å². The zero-order valence-corrected chi connectivity index (χ0v) is 22.9. The van der Waals surface area contributed by atoms with E-state index in [1.54, 1.807) is 6.07 Å². The number of amides is 1. The van der Waals surface area contributed by atoms with Gasteiger partial charge in [0.1, 0.15) is 5.75 Å². The van der Waals surface area contributed by atoms with Gasteiger partial charge in [-0.05, 0) is 110 Å². The second-order valence-electron chi connectivity index (χ2n) is 10.7. The summed E-state index contributed by atoms with van der Waals surface area (Å²) >= 11 is 6.30. The fourth-order valence-electron chi connectivity index (χ4n) is 5.51. The Balaban J connectivity index is 1.21. The number of nitrogens with zero attached hydrogens (tertiary/aromatic N) is 1. The molecule has 1 saturated heterocycles. The maximum absolute atomic E-state index is 12.1. The molecule has 0 unspecified atom stereocenters. The summed E-state index contributed by atoms with van der Waals surface area (Å²) in [6.45, 7) is 7.01. The quantitative estimate of drug-likeness (QED) is 0.220. The average Bonchev–Trinajstić information content (AvgIpc) is 3.27. The molecule has 198 valence electrons. The number of piperidine rings is 1. The Bertz CT molecular complexity index is 1420. The third kappa shape index (κ3) is 6.06. The maximum Gasteiger partial charge on any atom is 0.226 e. The van der Waals surface area contributed by atoms with E-state index in [1.165, 1.54) is 11.1 Å². The van der Waals surface area contributed by atoms with Crippen molar-refractivity contribution in [2.24, 2.45) is 5.92 Å². The summed E-state index contributed by atoms with van der Waals surface area (Å²) in [6.07, 6.45) is 4.20. The van der Waals surface area contributed by atoms with E-state index >= 15 is 0 Å². The number of likely N-dealkylation sites (tertiary alicyclic amines) is 1. The van der Waals surface area contributed by atoms with Crippen LogP contribution in [0.3, 0.4) is 0 Å². The van der Waals surface area contributed by atoms with Crippen LogP contribution in [0.1, 0.15) is 50.2 Å². The number of hydrogen-bond acceptors (Lipinski definition) is 3. The van der Waals surface area contributed by atoms with Crippen LogP contribution in [0.2, 0.25) is 5.02 Å². The van der Waals surface area contributed by atoms with E-state index < -0.39 is 0 Å². The van der Waals surface area contributed by atoms with Gasteiger partial charge in [0.2, 0.25) is 5.91 Å². The van der Waals surface area contributed by atoms with Crippen LogP contribution in [-0.2, 0) is 11.2 Å². The Morgan fingerprint density at radius 3 is 2.63 bits per heavy atom. The number of phenols is 1. The smallest absolute Gasteiger partial charge is 0.226 e. The molecule has 6 heteroatoms. The van der Waals surface area contributed by atoms with Gasteiger partial charge in [-0.1, -0.05) is 49.7 Å². The minimum atomic E-state index is -0.0292. The van der Waals surface area contributed by atoms with Crippen molar-refractivity contribution in [2.75, 3.05) is 25.0 Å². The van der Waals surface area contributed by atoms with Gasteiger partial charge in [-0.3, -0.25) is 4.79 Å². The van der Waals surface area contributed by atoms with Gasteiger partial charge in [0.15, 0.2) is 0 Å². The van der Waals surface area contributed by atoms with Gasteiger partial charge in [-0.15, -0.1) is 0 Å². The first kappa shape index (κ1) is 26.3. The predicted octanol–water partition coefficient (Wildman–Crippen LogP) is 7.60. The van der Waals surface area contributed by atoms with E-state index in [1.807, 2.05) is 56.3 Å². The molecule has 1 aliphatic rings. The molecule has 0 atom stereocenters. The number of phenolic OH excluding ortho intramolecular Hbond substituents is 1. The summed E-state index contributed by atoms with van der Waals surface area (Å²) in [5.41, 5.74) is 6.61. The number of halogens is 1. The Labute approximate surface area is 229 Å². The molecule has 1 amide bonds. The third-order valence-corrected chi connectivity index (χ3v) is 7.88. The predicted molar refractivity (Wildman–Crippen MR) is 157 cm³/mol. The molecule has 5 nitrogen and oxygen atoms in total. The number of rotatable bonds is 8. The molecule has 0 saturated carbocycles. The highest BCUT2D eigenvalue weighted by molar-refractivity contribution is 6.30. The molecule has 1 fully saturated rings. The van der Waals surface area contributed by atoms with Crippen molar-refractivity contribution in [1.82, 2.24) is 9.88 Å². The van der Waals surface area contributed by atoms with Crippen molar-refractivity contribution in [2.45, 2.75) is 45.4 Å². The number of aromatic hydroxyl groups is 1. The van der Waals surface area contributed by atoms with Crippen LogP contribution in [0, 0.1) is 5.92 Å². The number of benzene rings is 3. The monoisotopic (exact) mass is 529 g/mol. The molecule has 0 radical (unpaired) electrons. The lowest BCUT2D eigenvalue weighted by Crippen LogP contribution is -2.33. The third-order valence-electron chi connectivity index (χ3n) is 7.64. The number of aromatic amines is 1. The molecule has 5 rings (SSSR count). The van der Waals surface area contributed by atoms with Crippen LogP contribution < -0.4 is 5.32 Å². The Morgan fingerprint density at radius 1 is 1.08 bits per heavy atom. The van der Waals surface area contributed by atoms with Gasteiger partial charge < -0.3 is 20.3 Å². The van der Waals surface area contributed by atoms with Crippen LogP contribution >= 0.6 is 11.6 Å². The van der Waals surface area contributed by atoms with Crippen molar-refractivity contribution in [3.05, 3.63) is 82.9 Å². The lowest BCUT2D eigenvalue weighted by Gasteiger charge is -2.32. The van der Waals surface area contributed by atoms with E-state index in [4.69, 9.17) is 11.6 Å². The van der Waals surface area contributed by atoms with Gasteiger partial charge in [-0.2, -0.15) is 0 Å². The zero-order valence-electron chi connectivity index (χ0n) is 22.1. The molecule has 2 heterocycles. The molecule has 1 aromatic heterocycles. The molecule has 0 spiro atoms. The number of anilines is 1. The van der Waals surface area contributed by atoms with Crippen molar-refractivity contribution < 1.29 is 9.90 Å². The number of fused-ring (bicyclic) bond motifs is 1. The second-order valence-corrected chi connectivity index (χ2v) is 11.1. The topological polar surface area (TPSA) is 68.4 Å². The minimum Gasteiger partial charge on any atom is -0.508 e. The Hall–Kier alpha value is -3.28. The minimum absolute atomic E-state index is 0.0292. The second kappa shape index (κ2) is 11.6. The normalized spacial score (nSPS) is 14.8. The highest BCUT2D eigenvalue weighted by Gasteiger charge is 2.21. The van der Waals surface area contributed by atoms with Crippen LogP contribution in [0.5, 0.6) is 5.75 Å². The van der Waals surface area contributed by atoms with Gasteiger partial charge in [0, 0.05) is 33.2 Å². The van der Waals surface area contributed by atoms with E-state index in [0.717, 1.165) is 73.2 Å². The van der Waals surface area contributed by atoms with Crippen LogP contribution in [-0.4, -0.2) is 40.5 Å². The molecular weight excluding hydrogens is 494 g/mol. The summed E-state index contributed by atoms with van der Waals surface area (Å²) in [4.78, 5) is 18.2. The number of aromatic nitrogens is 1. The van der Waals surface area contributed by atoms with E-state index in [2.05, 4.69) is 33.4 Å². The fraction of sp³-hybridized carbons (Fsp3) is 0.344. The standard InChI is InChI=1S/C32H36ClN3O2/c1-21(2)32(38)34-26-9-4-6-23(19-26)22-13-16-36(17-14-22)15-5-10-28-29-20-27(37)11-12-30(29)35-31(28)24-7-3-8-25(33)18-24/h3-4,6-9,11-12,18-22,35,37H,5,10,13-17H2,1-2H3,(H,34,38). The summed E-state index contributed by atoms with van der Waals surface area (Å²) in [5.74, 6) is 0.831. The van der Waals surface area contributed by atoms with E-state index in [0.29, 0.717) is 10.9 Å². The Kier molecular flexibility index (Phi) is 8.06. The molecule has 0 aliphatic carbocycles. The zero-order chi connectivity index (χ0) is 26.6. The first-order valence-electron chi connectivity index (χ1n) is 13.6. The summed E-state index contributed by atoms with van der Waals surface area (Å²) < 4.78 is 0. The van der Waals surface area contributed by atoms with Crippen molar-refractivity contribution in [3.63, 3.8) is 0 Å². The van der Waals surface area contributed by atoms with E-state index in [9.17, 15) is 9.90 Å². The van der Waals surface area contributed by atoms with Crippen LogP contribution in [0.25, 0.3) is 22.2 Å². The first-order valence-corrected chi connectivity index (χ1v) is 14.0. The fourth-order valence-corrected chi connectivity index (χ4v) is 5.70. The summed E-state index contributed by atoms with van der Waals surface area (Å²) in [6, 6.07) is 21.8. The average molecular weight is 530 g/mol. The molecule has 0 bridgehead atoms. The number of nitrogens with one attached hydrogen (secondary N) is 2. The van der Waals surface area contributed by atoms with Crippen molar-refractivity contribution in [3.8, 4) is 17.0 Å². The van der Waals surface area contributed by atoms with E-state index in [-0.39, 0.29) is 17.6 Å². The molecule has 3 aromatic carbocycles. The molecule has 38 heavy (non-hydrogen) atoms. The lowest BCUT2D eigenvalue weighted by molar-refractivity contribution is -0.118. The molecule has 3 N–H and O–H groups in total. The molecule has 4 aromatic rings. The SMILES string of the molecule is CC(C)C(=O)Nc1cccc(C2CCN(CCCc3c(-c4cccc(Cl)c4)[nH]c4ccc(O)cc34)CC2)c1. The number of H-pyrrole nitrogens is 1. The summed E-state index contributed by atoms with van der Waals surface area (Å²) in [7, 11) is 0. The number of carbonyl (C=O) groups excluding carboxylic acids is 1. The number of hydrogen-bond donors (Lipinski definition) is 3. The van der Waals surface area contributed by atoms with Gasteiger partial charge in [-0.25, -0.2) is 0 Å². The maximum atomic E-state index is 12.1. The first-order chi connectivity index (χ1) is 18.4. The van der Waals surface area contributed by atoms with Crippen LogP contribution in [0.4, 0.5) is 5.69 Å². The van der Waals surface area contributed by atoms with Gasteiger partial charge in [0.05, 0.1) is 0 Å². The largest absolute Gasteiger partial charge is 0.508 e. The lowest BCUT2D eigenvalue weighted by atomic mass is 9.89. The highest BCUT2D eigenvalue weighted by atomic mass is 35.5. The summed E-state index contributed by atoms with van der Waals surface area (Å²) in [5, 5.41) is 15.0. The molecular formula is C32H36ClN3O2. The van der Waals surface area contributed by atoms with Crippen molar-refractivity contribution in [1.29, 1.82) is 0 Å². The van der Waals surface area contributed by atoms with Gasteiger partial charge in [0.25, 0.3) is 0 Å². The number of carbonyl (C=O) groups is 1. The molecule has 1 aliphatic heterocycles. The number of aryl methyl sites for hydroxylation is 1. The van der Waals surface area contributed by atoms with Crippen molar-refractivity contribution >= 4 is 34.1 Å². The highest BCUT2D eigenvalue weighted by Crippen LogP contribution is 2.35.